The van der Waals surface area contributed by atoms with E-state index in [1.165, 1.54) is 0 Å². The van der Waals surface area contributed by atoms with Gasteiger partial charge < -0.3 is 25.0 Å². The summed E-state index contributed by atoms with van der Waals surface area (Å²) in [5.41, 5.74) is -1.52. The Morgan fingerprint density at radius 2 is 1.50 bits per heavy atom. The number of ether oxygens (including phenoxy) is 2. The minimum Gasteiger partial charge on any atom is -0.458 e. The Kier molecular flexibility index (Phi) is 6.43. The van der Waals surface area contributed by atoms with Gasteiger partial charge in [-0.25, -0.2) is 9.59 Å². The zero-order valence-electron chi connectivity index (χ0n) is 12.9. The number of amides is 1. The normalized spacial score (nSPS) is 15.2. The number of nitrogens with one attached hydrogen (secondary N) is 1. The molecule has 7 heteroatoms. The fourth-order valence-electron chi connectivity index (χ4n) is 1.22. The highest BCUT2D eigenvalue weighted by atomic mass is 16.6. The highest BCUT2D eigenvalue weighted by molar-refractivity contribution is 5.82. The van der Waals surface area contributed by atoms with Crippen molar-refractivity contribution in [2.75, 3.05) is 6.61 Å². The fourth-order valence-corrected chi connectivity index (χ4v) is 1.22. The molecular weight excluding hydrogens is 266 g/mol. The number of aliphatic hydroxyl groups excluding tert-OH is 2. The Morgan fingerprint density at radius 1 is 1.05 bits per heavy atom. The average molecular weight is 291 g/mol. The van der Waals surface area contributed by atoms with Crippen LogP contribution in [-0.4, -0.2) is 52.2 Å². The molecule has 1 amide bonds. The second-order valence-corrected chi connectivity index (χ2v) is 6.41. The molecule has 2 atom stereocenters. The second kappa shape index (κ2) is 6.90. The van der Waals surface area contributed by atoms with Gasteiger partial charge in [0.25, 0.3) is 0 Å². The molecule has 0 aromatic heterocycles. The number of hydrogen-bond acceptors (Lipinski definition) is 6. The maximum Gasteiger partial charge on any atom is 0.408 e. The summed E-state index contributed by atoms with van der Waals surface area (Å²) in [6, 6.07) is -1.39. The summed E-state index contributed by atoms with van der Waals surface area (Å²) >= 11 is 0. The number of aliphatic hydroxyl groups is 2. The van der Waals surface area contributed by atoms with Crippen molar-refractivity contribution in [3.8, 4) is 0 Å². The third-order valence-electron chi connectivity index (χ3n) is 1.90. The third kappa shape index (κ3) is 7.96. The Morgan fingerprint density at radius 3 is 1.85 bits per heavy atom. The Balaban J connectivity index is 4.82. The number of hydrogen-bond donors (Lipinski definition) is 3. The van der Waals surface area contributed by atoms with E-state index >= 15 is 0 Å². The lowest BCUT2D eigenvalue weighted by Crippen LogP contribution is -2.53. The first kappa shape index (κ1) is 18.7. The molecule has 3 N–H and O–H groups in total. The summed E-state index contributed by atoms with van der Waals surface area (Å²) in [6.45, 7) is 9.26. The van der Waals surface area contributed by atoms with E-state index in [0.29, 0.717) is 0 Å². The molecule has 118 valence electrons. The van der Waals surface area contributed by atoms with Crippen LogP contribution in [0.5, 0.6) is 0 Å². The van der Waals surface area contributed by atoms with E-state index in [1.807, 2.05) is 0 Å². The van der Waals surface area contributed by atoms with E-state index in [2.05, 4.69) is 5.32 Å². The van der Waals surface area contributed by atoms with Crippen molar-refractivity contribution in [1.29, 1.82) is 0 Å². The SMILES string of the molecule is CC(C)(C)OC(=O)N[C@@H](C(=O)OC(C)(C)C)[C@@H](O)CO. The second-order valence-electron chi connectivity index (χ2n) is 6.41. The topological polar surface area (TPSA) is 105 Å². The lowest BCUT2D eigenvalue weighted by atomic mass is 10.1. The van der Waals surface area contributed by atoms with Crippen LogP contribution in [0.4, 0.5) is 4.79 Å². The van der Waals surface area contributed by atoms with Gasteiger partial charge in [-0.15, -0.1) is 0 Å². The minimum absolute atomic E-state index is 0.695. The molecule has 0 rings (SSSR count). The summed E-state index contributed by atoms with van der Waals surface area (Å²) in [5.74, 6) is -0.843. The van der Waals surface area contributed by atoms with Gasteiger partial charge in [0.15, 0.2) is 6.04 Å². The maximum atomic E-state index is 11.9. The van der Waals surface area contributed by atoms with Crippen molar-refractivity contribution in [1.82, 2.24) is 5.32 Å². The summed E-state index contributed by atoms with van der Waals surface area (Å²) < 4.78 is 10.1. The van der Waals surface area contributed by atoms with Crippen LogP contribution in [0.25, 0.3) is 0 Å². The molecule has 0 aliphatic rings. The van der Waals surface area contributed by atoms with Gasteiger partial charge in [0.1, 0.15) is 17.3 Å². The molecule has 0 unspecified atom stereocenters. The summed E-state index contributed by atoms with van der Waals surface area (Å²) in [6.07, 6.45) is -2.35. The predicted octanol–water partition coefficient (Wildman–Crippen LogP) is 0.575. The van der Waals surface area contributed by atoms with Crippen molar-refractivity contribution >= 4 is 12.1 Å². The first-order chi connectivity index (χ1) is 8.85. The molecule has 0 heterocycles. The van der Waals surface area contributed by atoms with Gasteiger partial charge in [0.05, 0.1) is 6.61 Å². The van der Waals surface area contributed by atoms with Crippen LogP contribution in [0.1, 0.15) is 41.5 Å². The van der Waals surface area contributed by atoms with E-state index in [-0.39, 0.29) is 0 Å². The minimum atomic E-state index is -1.47. The molecule has 0 saturated carbocycles. The van der Waals surface area contributed by atoms with Crippen molar-refractivity contribution in [2.45, 2.75) is 64.9 Å². The molecule has 7 nitrogen and oxygen atoms in total. The molecule has 0 saturated heterocycles. The number of carbonyl (C=O) groups is 2. The molecule has 0 radical (unpaired) electrons. The molecule has 20 heavy (non-hydrogen) atoms. The van der Waals surface area contributed by atoms with Gasteiger partial charge in [-0.05, 0) is 41.5 Å². The summed E-state index contributed by atoms with van der Waals surface area (Å²) in [5, 5.41) is 20.8. The largest absolute Gasteiger partial charge is 0.458 e. The smallest absolute Gasteiger partial charge is 0.408 e. The standard InChI is InChI=1S/C13H25NO6/c1-12(2,3)19-10(17)9(8(16)7-15)14-11(18)20-13(4,5)6/h8-9,15-16H,7H2,1-6H3,(H,14,18)/t8-,9+/m0/s1. The van der Waals surface area contributed by atoms with E-state index in [0.717, 1.165) is 0 Å². The number of rotatable bonds is 4. The van der Waals surface area contributed by atoms with Gasteiger partial charge in [-0.1, -0.05) is 0 Å². The van der Waals surface area contributed by atoms with Crippen LogP contribution >= 0.6 is 0 Å². The van der Waals surface area contributed by atoms with Gasteiger partial charge in [-0.3, -0.25) is 0 Å². The van der Waals surface area contributed by atoms with Gasteiger partial charge in [0.2, 0.25) is 0 Å². The van der Waals surface area contributed by atoms with Gasteiger partial charge in [-0.2, -0.15) is 0 Å². The maximum absolute atomic E-state index is 11.9. The van der Waals surface area contributed by atoms with E-state index in [1.54, 1.807) is 41.5 Å². The Hall–Kier alpha value is -1.34. The fraction of sp³-hybridized carbons (Fsp3) is 0.846. The van der Waals surface area contributed by atoms with Gasteiger partial charge >= 0.3 is 12.1 Å². The lowest BCUT2D eigenvalue weighted by Gasteiger charge is -2.27. The van der Waals surface area contributed by atoms with Crippen molar-refractivity contribution in [3.63, 3.8) is 0 Å². The van der Waals surface area contributed by atoms with Crippen LogP contribution in [0.3, 0.4) is 0 Å². The molecule has 0 bridgehead atoms. The zero-order valence-corrected chi connectivity index (χ0v) is 12.9. The Bertz CT molecular complexity index is 342. The molecule has 0 spiro atoms. The van der Waals surface area contributed by atoms with Crippen LogP contribution in [0.15, 0.2) is 0 Å². The highest BCUT2D eigenvalue weighted by Crippen LogP contribution is 2.11. The molecule has 0 aromatic rings. The molecule has 0 aliphatic carbocycles. The van der Waals surface area contributed by atoms with Crippen LogP contribution in [0.2, 0.25) is 0 Å². The lowest BCUT2D eigenvalue weighted by molar-refractivity contribution is -0.161. The van der Waals surface area contributed by atoms with Crippen LogP contribution < -0.4 is 5.32 Å². The number of carbonyl (C=O) groups excluding carboxylic acids is 2. The quantitative estimate of drug-likeness (QED) is 0.654. The van der Waals surface area contributed by atoms with E-state index < -0.39 is 42.0 Å². The summed E-state index contributed by atoms with van der Waals surface area (Å²) in [7, 11) is 0. The predicted molar refractivity (Wildman–Crippen MR) is 72.1 cm³/mol. The van der Waals surface area contributed by atoms with Crippen molar-refractivity contribution in [2.24, 2.45) is 0 Å². The average Bonchev–Trinajstić information content (AvgIpc) is 2.19. The monoisotopic (exact) mass is 291 g/mol. The zero-order chi connectivity index (χ0) is 16.1. The molecule has 0 aromatic carbocycles. The summed E-state index contributed by atoms with van der Waals surface area (Å²) in [4.78, 5) is 23.5. The molecular formula is C13H25NO6. The van der Waals surface area contributed by atoms with Crippen LogP contribution in [0, 0.1) is 0 Å². The molecule has 0 fully saturated rings. The Labute approximate surface area is 119 Å². The molecule has 0 aliphatic heterocycles. The first-order valence-corrected chi connectivity index (χ1v) is 6.37. The van der Waals surface area contributed by atoms with Crippen molar-refractivity contribution < 1.29 is 29.3 Å². The van der Waals surface area contributed by atoms with Gasteiger partial charge in [0, 0.05) is 0 Å². The third-order valence-corrected chi connectivity index (χ3v) is 1.90. The van der Waals surface area contributed by atoms with E-state index in [9.17, 15) is 14.7 Å². The number of alkyl carbamates (subject to hydrolysis) is 1. The van der Waals surface area contributed by atoms with E-state index in [4.69, 9.17) is 14.6 Å². The highest BCUT2D eigenvalue weighted by Gasteiger charge is 2.33. The first-order valence-electron chi connectivity index (χ1n) is 6.37. The van der Waals surface area contributed by atoms with Crippen molar-refractivity contribution in [3.05, 3.63) is 0 Å². The van der Waals surface area contributed by atoms with Crippen LogP contribution in [-0.2, 0) is 14.3 Å². The number of esters is 1.